The van der Waals surface area contributed by atoms with E-state index < -0.39 is 0 Å². The van der Waals surface area contributed by atoms with Gasteiger partial charge < -0.3 is 4.98 Å². The second-order valence-corrected chi connectivity index (χ2v) is 6.42. The Morgan fingerprint density at radius 2 is 1.70 bits per heavy atom. The van der Waals surface area contributed by atoms with Crippen LogP contribution >= 0.6 is 0 Å². The van der Waals surface area contributed by atoms with Gasteiger partial charge in [-0.15, -0.1) is 0 Å². The zero-order valence-corrected chi connectivity index (χ0v) is 12.5. The largest absolute Gasteiger partial charge is 0.343 e. The predicted molar refractivity (Wildman–Crippen MR) is 85.0 cm³/mol. The molecule has 1 aromatic carbocycles. The molecule has 0 amide bonds. The molecule has 3 rings (SSSR count). The van der Waals surface area contributed by atoms with Crippen molar-refractivity contribution in [3.05, 3.63) is 53.9 Å². The van der Waals surface area contributed by atoms with Crippen LogP contribution in [0.3, 0.4) is 0 Å². The first-order chi connectivity index (χ1) is 9.45. The number of H-pyrrole nitrogens is 1. The number of nitrogens with one attached hydrogen (secondary N) is 1. The van der Waals surface area contributed by atoms with E-state index >= 15 is 0 Å². The predicted octanol–water partition coefficient (Wildman–Crippen LogP) is 4.84. The van der Waals surface area contributed by atoms with Gasteiger partial charge in [-0.3, -0.25) is 0 Å². The zero-order chi connectivity index (χ0) is 14.3. The van der Waals surface area contributed by atoms with Gasteiger partial charge in [-0.2, -0.15) is 0 Å². The number of benzene rings is 1. The van der Waals surface area contributed by atoms with Crippen LogP contribution in [0, 0.1) is 6.92 Å². The van der Waals surface area contributed by atoms with E-state index in [9.17, 15) is 0 Å². The molecule has 2 nitrogen and oxygen atoms in total. The Bertz CT molecular complexity index is 743. The van der Waals surface area contributed by atoms with Crippen molar-refractivity contribution in [2.24, 2.45) is 0 Å². The van der Waals surface area contributed by atoms with Gasteiger partial charge in [0, 0.05) is 22.7 Å². The lowest BCUT2D eigenvalue weighted by molar-refractivity contribution is 0.574. The number of aromatic nitrogens is 2. The van der Waals surface area contributed by atoms with E-state index in [2.05, 4.69) is 74.1 Å². The van der Waals surface area contributed by atoms with E-state index in [1.165, 1.54) is 27.8 Å². The molecule has 2 heterocycles. The minimum Gasteiger partial charge on any atom is -0.343 e. The van der Waals surface area contributed by atoms with Crippen LogP contribution in [0.15, 0.2) is 42.6 Å². The molecule has 0 unspecified atom stereocenters. The molecule has 3 aromatic rings. The number of nitrogens with zero attached hydrogens (tertiary/aromatic N) is 1. The summed E-state index contributed by atoms with van der Waals surface area (Å²) in [5.74, 6) is 0. The van der Waals surface area contributed by atoms with Crippen LogP contribution in [-0.4, -0.2) is 9.97 Å². The summed E-state index contributed by atoms with van der Waals surface area (Å²) in [5, 5.41) is 1.20. The monoisotopic (exact) mass is 264 g/mol. The Balaban J connectivity index is 2.21. The third-order valence-corrected chi connectivity index (χ3v) is 3.70. The highest BCUT2D eigenvalue weighted by Gasteiger charge is 2.18. The average Bonchev–Trinajstić information content (AvgIpc) is 2.83. The molecule has 20 heavy (non-hydrogen) atoms. The number of aromatic amines is 1. The highest BCUT2D eigenvalue weighted by Crippen LogP contribution is 2.31. The van der Waals surface area contributed by atoms with Crippen LogP contribution in [0.2, 0.25) is 0 Å². The Morgan fingerprint density at radius 3 is 2.35 bits per heavy atom. The van der Waals surface area contributed by atoms with Gasteiger partial charge in [0.15, 0.2) is 0 Å². The maximum atomic E-state index is 4.46. The first kappa shape index (κ1) is 12.9. The summed E-state index contributed by atoms with van der Waals surface area (Å²) >= 11 is 0. The molecule has 2 heteroatoms. The van der Waals surface area contributed by atoms with Crippen molar-refractivity contribution in [3.63, 3.8) is 0 Å². The van der Waals surface area contributed by atoms with E-state index in [1.54, 1.807) is 0 Å². The van der Waals surface area contributed by atoms with Gasteiger partial charge in [0.25, 0.3) is 0 Å². The lowest BCUT2D eigenvalue weighted by Gasteiger charge is -2.15. The summed E-state index contributed by atoms with van der Waals surface area (Å²) < 4.78 is 0. The number of pyridine rings is 1. The molecule has 0 aliphatic rings. The van der Waals surface area contributed by atoms with Crippen LogP contribution in [0.25, 0.3) is 22.2 Å². The maximum Gasteiger partial charge on any atom is 0.138 e. The Kier molecular flexibility index (Phi) is 2.89. The van der Waals surface area contributed by atoms with Gasteiger partial charge >= 0.3 is 0 Å². The molecular weight excluding hydrogens is 244 g/mol. The van der Waals surface area contributed by atoms with E-state index in [1.807, 2.05) is 6.20 Å². The molecule has 1 N–H and O–H groups in total. The Morgan fingerprint density at radius 1 is 1.00 bits per heavy atom. The number of fused-ring (bicyclic) bond motifs is 1. The van der Waals surface area contributed by atoms with E-state index in [0.717, 1.165) is 5.65 Å². The fourth-order valence-electron chi connectivity index (χ4n) is 2.42. The number of hydrogen-bond acceptors (Lipinski definition) is 1. The number of hydrogen-bond donors (Lipinski definition) is 1. The third kappa shape index (κ3) is 2.22. The topological polar surface area (TPSA) is 28.7 Å². The third-order valence-electron chi connectivity index (χ3n) is 3.70. The summed E-state index contributed by atoms with van der Waals surface area (Å²) in [6.07, 6.45) is 1.88. The molecule has 0 spiro atoms. The summed E-state index contributed by atoms with van der Waals surface area (Å²) in [5.41, 5.74) is 6.05. The molecule has 0 aliphatic carbocycles. The first-order valence-electron chi connectivity index (χ1n) is 7.00. The van der Waals surface area contributed by atoms with Crippen LogP contribution < -0.4 is 0 Å². The second kappa shape index (κ2) is 4.48. The molecule has 0 saturated heterocycles. The standard InChI is InChI=1S/C18H20N2/c1-12-5-7-13(8-6-12)14-9-10-19-17-15(14)11-16(20-17)18(2,3)4/h5-11H,1-4H3,(H,19,20). The fraction of sp³-hybridized carbons (Fsp3) is 0.278. The highest BCUT2D eigenvalue weighted by molar-refractivity contribution is 5.93. The SMILES string of the molecule is Cc1ccc(-c2ccnc3[nH]c(C(C)(C)C)cc23)cc1. The average molecular weight is 264 g/mol. The summed E-state index contributed by atoms with van der Waals surface area (Å²) in [6, 6.07) is 13.0. The van der Waals surface area contributed by atoms with Gasteiger partial charge in [-0.25, -0.2) is 4.98 Å². The van der Waals surface area contributed by atoms with Crippen molar-refractivity contribution in [2.75, 3.05) is 0 Å². The van der Waals surface area contributed by atoms with Crippen LogP contribution in [0.5, 0.6) is 0 Å². The van der Waals surface area contributed by atoms with Gasteiger partial charge in [-0.1, -0.05) is 50.6 Å². The van der Waals surface area contributed by atoms with Crippen molar-refractivity contribution < 1.29 is 0 Å². The zero-order valence-electron chi connectivity index (χ0n) is 12.5. The van der Waals surface area contributed by atoms with Gasteiger partial charge in [0.2, 0.25) is 0 Å². The summed E-state index contributed by atoms with van der Waals surface area (Å²) in [4.78, 5) is 7.91. The van der Waals surface area contributed by atoms with Crippen molar-refractivity contribution in [1.82, 2.24) is 9.97 Å². The first-order valence-corrected chi connectivity index (χ1v) is 7.00. The fourth-order valence-corrected chi connectivity index (χ4v) is 2.42. The minimum absolute atomic E-state index is 0.102. The lowest BCUT2D eigenvalue weighted by Crippen LogP contribution is -2.11. The van der Waals surface area contributed by atoms with Crippen LogP contribution in [-0.2, 0) is 5.41 Å². The lowest BCUT2D eigenvalue weighted by atomic mass is 9.92. The van der Waals surface area contributed by atoms with E-state index in [4.69, 9.17) is 0 Å². The highest BCUT2D eigenvalue weighted by atomic mass is 14.9. The van der Waals surface area contributed by atoms with Crippen LogP contribution in [0.1, 0.15) is 32.0 Å². The van der Waals surface area contributed by atoms with Crippen molar-refractivity contribution in [1.29, 1.82) is 0 Å². The normalized spacial score (nSPS) is 12.0. The van der Waals surface area contributed by atoms with Crippen molar-refractivity contribution in [3.8, 4) is 11.1 Å². The Hall–Kier alpha value is -2.09. The molecule has 0 bridgehead atoms. The number of aryl methyl sites for hydroxylation is 1. The minimum atomic E-state index is 0.102. The van der Waals surface area contributed by atoms with Gasteiger partial charge in [0.05, 0.1) is 0 Å². The molecule has 0 radical (unpaired) electrons. The van der Waals surface area contributed by atoms with Gasteiger partial charge in [0.1, 0.15) is 5.65 Å². The van der Waals surface area contributed by atoms with Crippen molar-refractivity contribution >= 4 is 11.0 Å². The summed E-state index contributed by atoms with van der Waals surface area (Å²) in [6.45, 7) is 8.75. The van der Waals surface area contributed by atoms with Crippen molar-refractivity contribution in [2.45, 2.75) is 33.1 Å². The van der Waals surface area contributed by atoms with E-state index in [0.29, 0.717) is 0 Å². The molecular formula is C18H20N2. The summed E-state index contributed by atoms with van der Waals surface area (Å²) in [7, 11) is 0. The van der Waals surface area contributed by atoms with E-state index in [-0.39, 0.29) is 5.41 Å². The smallest absolute Gasteiger partial charge is 0.138 e. The molecule has 0 fully saturated rings. The van der Waals surface area contributed by atoms with Crippen LogP contribution in [0.4, 0.5) is 0 Å². The Labute approximate surface area is 119 Å². The number of rotatable bonds is 1. The molecule has 0 aliphatic heterocycles. The quantitative estimate of drug-likeness (QED) is 0.669. The van der Waals surface area contributed by atoms with Gasteiger partial charge in [-0.05, 0) is 30.2 Å². The molecule has 0 saturated carbocycles. The maximum absolute atomic E-state index is 4.46. The molecule has 102 valence electrons. The second-order valence-electron chi connectivity index (χ2n) is 6.42. The molecule has 2 aromatic heterocycles. The molecule has 0 atom stereocenters.